The Bertz CT molecular complexity index is 1550. The Kier molecular flexibility index (Phi) is 7.63. The molecule has 3 N–H and O–H groups in total. The number of benzene rings is 1. The van der Waals surface area contributed by atoms with Crippen molar-refractivity contribution in [1.29, 1.82) is 0 Å². The highest BCUT2D eigenvalue weighted by Gasteiger charge is 2.48. The van der Waals surface area contributed by atoms with E-state index in [1.54, 1.807) is 6.07 Å². The molecular formula is C25H23Cl2F3N6O4. The smallest absolute Gasteiger partial charge is 0.394 e. The molecule has 1 saturated heterocycles. The number of ether oxygens (including phenoxy) is 1. The number of rotatable bonds is 5. The van der Waals surface area contributed by atoms with E-state index in [1.807, 2.05) is 6.92 Å². The number of hydrogen-bond donors (Lipinski definition) is 3. The van der Waals surface area contributed by atoms with Gasteiger partial charge in [-0.25, -0.2) is 9.67 Å². The number of aliphatic hydroxyl groups excluding tert-OH is 3. The van der Waals surface area contributed by atoms with E-state index >= 15 is 0 Å². The number of aryl methyl sites for hydroxylation is 2. The van der Waals surface area contributed by atoms with Crippen LogP contribution in [0.15, 0.2) is 42.9 Å². The predicted octanol–water partition coefficient (Wildman–Crippen LogP) is 3.86. The van der Waals surface area contributed by atoms with E-state index in [0.717, 1.165) is 28.4 Å². The van der Waals surface area contributed by atoms with Crippen molar-refractivity contribution in [2.45, 2.75) is 50.5 Å². The largest absolute Gasteiger partial charge is 0.418 e. The van der Waals surface area contributed by atoms with Crippen molar-refractivity contribution in [2.75, 3.05) is 6.61 Å². The first kappa shape index (κ1) is 28.5. The lowest BCUT2D eigenvalue weighted by molar-refractivity contribution is -0.210. The molecule has 0 aliphatic carbocycles. The van der Waals surface area contributed by atoms with Crippen molar-refractivity contribution in [3.63, 3.8) is 0 Å². The highest BCUT2D eigenvalue weighted by atomic mass is 35.5. The van der Waals surface area contributed by atoms with E-state index in [-0.39, 0.29) is 16.7 Å². The van der Waals surface area contributed by atoms with Crippen LogP contribution in [-0.2, 0) is 10.9 Å². The zero-order valence-corrected chi connectivity index (χ0v) is 22.5. The van der Waals surface area contributed by atoms with Crippen LogP contribution in [0.2, 0.25) is 10.0 Å². The molecule has 0 bridgehead atoms. The third-order valence-electron chi connectivity index (χ3n) is 6.63. The van der Waals surface area contributed by atoms with Crippen LogP contribution in [0.4, 0.5) is 13.2 Å². The first-order valence-corrected chi connectivity index (χ1v) is 12.7. The molecule has 0 radical (unpaired) electrons. The normalized spacial score (nSPS) is 23.5. The first-order chi connectivity index (χ1) is 18.9. The highest BCUT2D eigenvalue weighted by Crippen LogP contribution is 2.41. The molecule has 4 aromatic rings. The van der Waals surface area contributed by atoms with Crippen LogP contribution in [0.1, 0.15) is 34.9 Å². The molecule has 10 nitrogen and oxygen atoms in total. The minimum absolute atomic E-state index is 0.0175. The lowest BCUT2D eigenvalue weighted by Gasteiger charge is -2.42. The van der Waals surface area contributed by atoms with Gasteiger partial charge in [0, 0.05) is 23.0 Å². The summed E-state index contributed by atoms with van der Waals surface area (Å²) >= 11 is 12.1. The second-order valence-corrected chi connectivity index (χ2v) is 10.2. The molecule has 5 rings (SSSR count). The molecule has 40 heavy (non-hydrogen) atoms. The van der Waals surface area contributed by atoms with Crippen molar-refractivity contribution < 1.29 is 33.2 Å². The molecule has 212 valence electrons. The van der Waals surface area contributed by atoms with Crippen LogP contribution in [0.3, 0.4) is 0 Å². The van der Waals surface area contributed by atoms with E-state index in [2.05, 4.69) is 20.2 Å². The monoisotopic (exact) mass is 598 g/mol. The van der Waals surface area contributed by atoms with Gasteiger partial charge in [0.1, 0.15) is 36.3 Å². The maximum Gasteiger partial charge on any atom is 0.418 e. The Hall–Kier alpha value is -3.07. The summed E-state index contributed by atoms with van der Waals surface area (Å²) in [5.74, 6) is -0.0943. The van der Waals surface area contributed by atoms with Gasteiger partial charge in [0.25, 0.3) is 0 Å². The predicted molar refractivity (Wildman–Crippen MR) is 137 cm³/mol. The molecule has 5 atom stereocenters. The average molecular weight is 599 g/mol. The van der Waals surface area contributed by atoms with Gasteiger partial charge < -0.3 is 20.1 Å². The average Bonchev–Trinajstić information content (AvgIpc) is 3.52. The summed E-state index contributed by atoms with van der Waals surface area (Å²) in [5.41, 5.74) is 0.400. The summed E-state index contributed by atoms with van der Waals surface area (Å²) in [6, 6.07) is 3.55. The summed E-state index contributed by atoms with van der Waals surface area (Å²) in [6.07, 6.45) is -5.95. The fourth-order valence-corrected chi connectivity index (χ4v) is 4.94. The van der Waals surface area contributed by atoms with Gasteiger partial charge >= 0.3 is 6.18 Å². The topological polar surface area (TPSA) is 131 Å². The molecule has 1 aliphatic heterocycles. The second-order valence-electron chi connectivity index (χ2n) is 9.37. The minimum Gasteiger partial charge on any atom is -0.394 e. The summed E-state index contributed by atoms with van der Waals surface area (Å²) in [6.45, 7) is 2.61. The van der Waals surface area contributed by atoms with Gasteiger partial charge in [-0.3, -0.25) is 9.67 Å². The first-order valence-electron chi connectivity index (χ1n) is 12.0. The molecule has 1 fully saturated rings. The van der Waals surface area contributed by atoms with Crippen molar-refractivity contribution in [1.82, 2.24) is 29.5 Å². The SMILES string of the molecule is Cc1nc([C@@H]2OC(CO)[C@H](O)[C@H](n3cc(-c4cc(C)c(Cl)cn4)cn3)C2O)n(-c2cc(Cl)ccc2C(F)(F)F)n1. The van der Waals surface area contributed by atoms with E-state index in [9.17, 15) is 28.5 Å². The zero-order valence-electron chi connectivity index (χ0n) is 21.0. The van der Waals surface area contributed by atoms with Crippen LogP contribution in [0, 0.1) is 13.8 Å². The molecule has 0 saturated carbocycles. The van der Waals surface area contributed by atoms with Crippen LogP contribution in [0.5, 0.6) is 0 Å². The third kappa shape index (κ3) is 5.20. The zero-order chi connectivity index (χ0) is 28.9. The van der Waals surface area contributed by atoms with Crippen molar-refractivity contribution >= 4 is 23.2 Å². The number of alkyl halides is 3. The molecular weight excluding hydrogens is 576 g/mol. The number of aromatic nitrogens is 6. The third-order valence-corrected chi connectivity index (χ3v) is 7.26. The van der Waals surface area contributed by atoms with Gasteiger partial charge in [0.15, 0.2) is 5.82 Å². The van der Waals surface area contributed by atoms with Crippen LogP contribution >= 0.6 is 23.2 Å². The Balaban J connectivity index is 1.58. The fourth-order valence-electron chi connectivity index (χ4n) is 4.67. The van der Waals surface area contributed by atoms with Gasteiger partial charge in [-0.05, 0) is 43.7 Å². The Morgan fingerprint density at radius 3 is 2.50 bits per heavy atom. The molecule has 4 heterocycles. The molecule has 1 aromatic carbocycles. The van der Waals surface area contributed by atoms with Crippen LogP contribution in [0.25, 0.3) is 16.9 Å². The van der Waals surface area contributed by atoms with E-state index < -0.39 is 54.5 Å². The number of nitrogens with zero attached hydrogens (tertiary/aromatic N) is 6. The number of aliphatic hydroxyl groups is 3. The minimum atomic E-state index is -4.75. The van der Waals surface area contributed by atoms with Gasteiger partial charge in [-0.2, -0.15) is 23.4 Å². The van der Waals surface area contributed by atoms with Crippen LogP contribution in [-0.4, -0.2) is 69.8 Å². The molecule has 3 aromatic heterocycles. The number of halogens is 5. The van der Waals surface area contributed by atoms with Gasteiger partial charge in [-0.15, -0.1) is 0 Å². The molecule has 0 spiro atoms. The number of pyridine rings is 1. The summed E-state index contributed by atoms with van der Waals surface area (Å²) in [5, 5.41) is 41.3. The Morgan fingerprint density at radius 2 is 1.82 bits per heavy atom. The maximum atomic E-state index is 13.9. The second kappa shape index (κ2) is 10.7. The Morgan fingerprint density at radius 1 is 1.07 bits per heavy atom. The highest BCUT2D eigenvalue weighted by molar-refractivity contribution is 6.31. The summed E-state index contributed by atoms with van der Waals surface area (Å²) in [7, 11) is 0. The lowest BCUT2D eigenvalue weighted by Crippen LogP contribution is -2.53. The molecule has 2 unspecified atom stereocenters. The molecule has 0 amide bonds. The molecule has 15 heteroatoms. The van der Waals surface area contributed by atoms with Gasteiger partial charge in [0.05, 0.1) is 34.8 Å². The number of hydrogen-bond acceptors (Lipinski definition) is 8. The van der Waals surface area contributed by atoms with Crippen molar-refractivity contribution in [3.05, 3.63) is 75.7 Å². The quantitative estimate of drug-likeness (QED) is 0.315. The Labute approximate surface area is 235 Å². The summed E-state index contributed by atoms with van der Waals surface area (Å²) < 4.78 is 49.7. The maximum absolute atomic E-state index is 13.9. The lowest BCUT2D eigenvalue weighted by atomic mass is 9.92. The van der Waals surface area contributed by atoms with E-state index in [0.29, 0.717) is 16.3 Å². The van der Waals surface area contributed by atoms with Crippen molar-refractivity contribution in [3.8, 4) is 16.9 Å². The fraction of sp³-hybridized carbons (Fsp3) is 0.360. The van der Waals surface area contributed by atoms with Gasteiger partial charge in [0.2, 0.25) is 0 Å². The van der Waals surface area contributed by atoms with Gasteiger partial charge in [-0.1, -0.05) is 23.2 Å². The molecule has 1 aliphatic rings. The summed E-state index contributed by atoms with van der Waals surface area (Å²) in [4.78, 5) is 8.53. The van der Waals surface area contributed by atoms with Crippen molar-refractivity contribution in [2.24, 2.45) is 0 Å². The van der Waals surface area contributed by atoms with Crippen LogP contribution < -0.4 is 0 Å². The van der Waals surface area contributed by atoms with E-state index in [4.69, 9.17) is 27.9 Å². The standard InChI is InChI=1S/C25H23Cl2F3N6O4/c1-11-5-17(31-8-16(11)27)13-7-32-35(9-13)20-21(38)19(10-37)40-23(22(20)39)24-33-12(2)34-36(24)18-6-14(26)3-4-15(18)25(28,29)30/h3-9,19-23,37-39H,10H2,1-2H3/t19?,20-,21-,22?,23+/m0/s1. The van der Waals surface area contributed by atoms with E-state index in [1.165, 1.54) is 30.2 Å².